The molecule has 0 saturated carbocycles. The summed E-state index contributed by atoms with van der Waals surface area (Å²) in [7, 11) is 0. The van der Waals surface area contributed by atoms with Gasteiger partial charge in [0.2, 0.25) is 5.91 Å². The van der Waals surface area contributed by atoms with Gasteiger partial charge in [0.25, 0.3) is 0 Å². The fourth-order valence-electron chi connectivity index (χ4n) is 2.13. The zero-order valence-electron chi connectivity index (χ0n) is 12.8. The normalized spacial score (nSPS) is 17.3. The number of unbranched alkanes of at least 4 members (excludes halogenated alkanes) is 3. The molecule has 0 radical (unpaired) electrons. The summed E-state index contributed by atoms with van der Waals surface area (Å²) in [6.07, 6.45) is 6.17. The number of hydrogen-bond donors (Lipinski definition) is 2. The van der Waals surface area contributed by atoms with Gasteiger partial charge in [0, 0.05) is 19.6 Å². The van der Waals surface area contributed by atoms with Crippen LogP contribution in [0.1, 0.15) is 52.9 Å². The molecule has 0 aromatic carbocycles. The zero-order chi connectivity index (χ0) is 14.1. The fourth-order valence-corrected chi connectivity index (χ4v) is 2.13. The second kappa shape index (κ2) is 8.54. The molecule has 0 aromatic heterocycles. The Bertz CT molecular complexity index is 263. The van der Waals surface area contributed by atoms with Crippen molar-refractivity contribution in [2.45, 2.75) is 58.5 Å². The number of hydrogen-bond acceptors (Lipinski definition) is 3. The topological polar surface area (TPSA) is 50.4 Å². The maximum atomic E-state index is 11.6. The highest BCUT2D eigenvalue weighted by Crippen LogP contribution is 2.14. The SMILES string of the molecule is CC(C)CCCCCCNC(=O)COC1(C)CNC1. The number of ether oxygens (including phenoxy) is 1. The van der Waals surface area contributed by atoms with Crippen molar-refractivity contribution in [2.75, 3.05) is 26.2 Å². The van der Waals surface area contributed by atoms with Crippen LogP contribution in [-0.4, -0.2) is 37.7 Å². The van der Waals surface area contributed by atoms with Gasteiger partial charge in [-0.1, -0.05) is 39.5 Å². The van der Waals surface area contributed by atoms with E-state index in [0.717, 1.165) is 32.0 Å². The molecule has 2 N–H and O–H groups in total. The van der Waals surface area contributed by atoms with Crippen LogP contribution in [0.2, 0.25) is 0 Å². The van der Waals surface area contributed by atoms with E-state index in [2.05, 4.69) is 24.5 Å². The molecular weight excluding hydrogens is 240 g/mol. The quantitative estimate of drug-likeness (QED) is 0.598. The summed E-state index contributed by atoms with van der Waals surface area (Å²) in [5, 5.41) is 6.07. The first-order chi connectivity index (χ1) is 9.02. The van der Waals surface area contributed by atoms with Crippen LogP contribution in [0.15, 0.2) is 0 Å². The molecule has 1 heterocycles. The van der Waals surface area contributed by atoms with E-state index in [1.54, 1.807) is 0 Å². The van der Waals surface area contributed by atoms with Crippen molar-refractivity contribution < 1.29 is 9.53 Å². The summed E-state index contributed by atoms with van der Waals surface area (Å²) in [5.74, 6) is 0.814. The lowest BCUT2D eigenvalue weighted by atomic mass is 10.0. The smallest absolute Gasteiger partial charge is 0.246 e. The first-order valence-electron chi connectivity index (χ1n) is 7.63. The Morgan fingerprint density at radius 3 is 2.53 bits per heavy atom. The van der Waals surface area contributed by atoms with Gasteiger partial charge in [-0.2, -0.15) is 0 Å². The molecule has 1 rings (SSSR count). The minimum atomic E-state index is -0.131. The van der Waals surface area contributed by atoms with E-state index in [9.17, 15) is 4.79 Å². The van der Waals surface area contributed by atoms with Crippen LogP contribution < -0.4 is 10.6 Å². The van der Waals surface area contributed by atoms with Crippen LogP contribution in [0, 0.1) is 5.92 Å². The van der Waals surface area contributed by atoms with E-state index in [1.807, 2.05) is 6.92 Å². The van der Waals surface area contributed by atoms with Gasteiger partial charge in [0.1, 0.15) is 6.61 Å². The van der Waals surface area contributed by atoms with Crippen molar-refractivity contribution in [1.29, 1.82) is 0 Å². The minimum absolute atomic E-state index is 0.00954. The van der Waals surface area contributed by atoms with Crippen LogP contribution in [-0.2, 0) is 9.53 Å². The molecule has 0 unspecified atom stereocenters. The summed E-state index contributed by atoms with van der Waals surface area (Å²) in [4.78, 5) is 11.6. The summed E-state index contributed by atoms with van der Waals surface area (Å²) in [6.45, 7) is 9.21. The van der Waals surface area contributed by atoms with Crippen molar-refractivity contribution in [2.24, 2.45) is 5.92 Å². The third kappa shape index (κ3) is 7.53. The van der Waals surface area contributed by atoms with Gasteiger partial charge in [-0.25, -0.2) is 0 Å². The van der Waals surface area contributed by atoms with Crippen molar-refractivity contribution in [3.05, 3.63) is 0 Å². The highest BCUT2D eigenvalue weighted by molar-refractivity contribution is 5.77. The molecule has 0 spiro atoms. The molecular formula is C15H30N2O2. The maximum Gasteiger partial charge on any atom is 0.246 e. The molecule has 4 heteroatoms. The highest BCUT2D eigenvalue weighted by Gasteiger charge is 2.32. The second-order valence-electron chi connectivity index (χ2n) is 6.29. The molecule has 4 nitrogen and oxygen atoms in total. The predicted molar refractivity (Wildman–Crippen MR) is 78.2 cm³/mol. The van der Waals surface area contributed by atoms with Gasteiger partial charge < -0.3 is 15.4 Å². The third-order valence-corrected chi connectivity index (χ3v) is 3.58. The molecule has 1 amide bonds. The lowest BCUT2D eigenvalue weighted by Gasteiger charge is -2.38. The average Bonchev–Trinajstić information content (AvgIpc) is 2.32. The summed E-state index contributed by atoms with van der Waals surface area (Å²) < 4.78 is 5.57. The molecule has 0 atom stereocenters. The van der Waals surface area contributed by atoms with E-state index in [1.165, 1.54) is 25.7 Å². The number of amides is 1. The predicted octanol–water partition coefficient (Wildman–Crippen LogP) is 2.09. The summed E-state index contributed by atoms with van der Waals surface area (Å²) >= 11 is 0. The lowest BCUT2D eigenvalue weighted by Crippen LogP contribution is -2.59. The standard InChI is InChI=1S/C15H30N2O2/c1-13(2)8-6-4-5-7-9-17-14(18)10-19-15(3)11-16-12-15/h13,16H,4-12H2,1-3H3,(H,17,18). The summed E-state index contributed by atoms with van der Waals surface area (Å²) in [5.41, 5.74) is -0.131. The van der Waals surface area contributed by atoms with Crippen molar-refractivity contribution in [1.82, 2.24) is 10.6 Å². The Morgan fingerprint density at radius 2 is 1.95 bits per heavy atom. The van der Waals surface area contributed by atoms with Gasteiger partial charge in [0.05, 0.1) is 5.60 Å². The van der Waals surface area contributed by atoms with Gasteiger partial charge in [-0.15, -0.1) is 0 Å². The van der Waals surface area contributed by atoms with Crippen molar-refractivity contribution >= 4 is 5.91 Å². The van der Waals surface area contributed by atoms with Gasteiger partial charge >= 0.3 is 0 Å². The van der Waals surface area contributed by atoms with E-state index < -0.39 is 0 Å². The Balaban J connectivity index is 1.87. The summed E-state index contributed by atoms with van der Waals surface area (Å²) in [6, 6.07) is 0. The first-order valence-corrected chi connectivity index (χ1v) is 7.63. The Labute approximate surface area is 117 Å². The lowest BCUT2D eigenvalue weighted by molar-refractivity contribution is -0.135. The molecule has 1 aliphatic rings. The van der Waals surface area contributed by atoms with Crippen molar-refractivity contribution in [3.63, 3.8) is 0 Å². The van der Waals surface area contributed by atoms with Gasteiger partial charge in [-0.05, 0) is 19.3 Å². The largest absolute Gasteiger partial charge is 0.363 e. The number of rotatable bonds is 10. The minimum Gasteiger partial charge on any atom is -0.363 e. The average molecular weight is 270 g/mol. The Morgan fingerprint density at radius 1 is 1.26 bits per heavy atom. The van der Waals surface area contributed by atoms with Crippen LogP contribution >= 0.6 is 0 Å². The first kappa shape index (κ1) is 16.4. The molecule has 1 saturated heterocycles. The molecule has 0 aliphatic carbocycles. The monoisotopic (exact) mass is 270 g/mol. The Kier molecular flexibility index (Phi) is 7.39. The number of carbonyl (C=O) groups is 1. The maximum absolute atomic E-state index is 11.6. The van der Waals surface area contributed by atoms with E-state index in [-0.39, 0.29) is 18.1 Å². The van der Waals surface area contributed by atoms with E-state index in [0.29, 0.717) is 0 Å². The molecule has 112 valence electrons. The second-order valence-corrected chi connectivity index (χ2v) is 6.29. The zero-order valence-corrected chi connectivity index (χ0v) is 12.8. The van der Waals surface area contributed by atoms with Crippen LogP contribution in [0.3, 0.4) is 0 Å². The molecule has 0 aromatic rings. The van der Waals surface area contributed by atoms with E-state index in [4.69, 9.17) is 4.74 Å². The van der Waals surface area contributed by atoms with Crippen LogP contribution in [0.5, 0.6) is 0 Å². The highest BCUT2D eigenvalue weighted by atomic mass is 16.5. The molecule has 1 aliphatic heterocycles. The van der Waals surface area contributed by atoms with E-state index >= 15 is 0 Å². The fraction of sp³-hybridized carbons (Fsp3) is 0.933. The van der Waals surface area contributed by atoms with Crippen molar-refractivity contribution in [3.8, 4) is 0 Å². The number of carbonyl (C=O) groups excluding carboxylic acids is 1. The number of nitrogens with one attached hydrogen (secondary N) is 2. The van der Waals surface area contributed by atoms with Gasteiger partial charge in [-0.3, -0.25) is 4.79 Å². The van der Waals surface area contributed by atoms with Gasteiger partial charge in [0.15, 0.2) is 0 Å². The Hall–Kier alpha value is -0.610. The molecule has 1 fully saturated rings. The molecule has 0 bridgehead atoms. The molecule has 19 heavy (non-hydrogen) atoms. The van der Waals surface area contributed by atoms with Crippen LogP contribution in [0.4, 0.5) is 0 Å². The van der Waals surface area contributed by atoms with Crippen LogP contribution in [0.25, 0.3) is 0 Å². The third-order valence-electron chi connectivity index (χ3n) is 3.58.